The molecule has 4 aliphatic carbocycles. The molecule has 132 valence electrons. The molecular formula is C18H24O5S. The smallest absolute Gasteiger partial charge is 0.299 e. The number of carbonyl (C=O) groups excluding carboxylic acids is 1. The second kappa shape index (κ2) is 5.51. The van der Waals surface area contributed by atoms with Crippen LogP contribution >= 0.6 is 0 Å². The number of fused-ring (bicyclic) bond motifs is 4. The third-order valence-electron chi connectivity index (χ3n) is 6.75. The van der Waals surface area contributed by atoms with Crippen LogP contribution in [0.5, 0.6) is 0 Å². The van der Waals surface area contributed by atoms with E-state index in [9.17, 15) is 13.2 Å². The van der Waals surface area contributed by atoms with E-state index in [1.807, 2.05) is 0 Å². The molecule has 2 fully saturated rings. The molecule has 4 aliphatic rings. The predicted octanol–water partition coefficient (Wildman–Crippen LogP) is 3.38. The molecule has 0 amide bonds. The van der Waals surface area contributed by atoms with E-state index >= 15 is 0 Å². The predicted molar refractivity (Wildman–Crippen MR) is 88.6 cm³/mol. The summed E-state index contributed by atoms with van der Waals surface area (Å²) in [5, 5.41) is 0. The molecule has 0 unspecified atom stereocenters. The third kappa shape index (κ3) is 2.59. The minimum absolute atomic E-state index is 0.161. The van der Waals surface area contributed by atoms with E-state index in [1.54, 1.807) is 0 Å². The van der Waals surface area contributed by atoms with E-state index in [-0.39, 0.29) is 5.41 Å². The summed E-state index contributed by atoms with van der Waals surface area (Å²) in [5.74, 6) is 1.26. The summed E-state index contributed by atoms with van der Waals surface area (Å²) in [7, 11) is -4.39. The second-order valence-electron chi connectivity index (χ2n) is 7.95. The molecule has 0 aromatic carbocycles. The van der Waals surface area contributed by atoms with Crippen molar-refractivity contribution in [1.29, 1.82) is 0 Å². The summed E-state index contributed by atoms with van der Waals surface area (Å²) in [6.45, 7) is 2.14. The molecule has 0 radical (unpaired) electrons. The zero-order chi connectivity index (χ0) is 17.1. The van der Waals surface area contributed by atoms with Gasteiger partial charge < -0.3 is 0 Å². The van der Waals surface area contributed by atoms with E-state index in [4.69, 9.17) is 8.74 Å². The number of allylic oxidation sites excluding steroid dienone is 3. The van der Waals surface area contributed by atoms with Crippen LogP contribution in [0.25, 0.3) is 0 Å². The maximum atomic E-state index is 12.3. The monoisotopic (exact) mass is 352 g/mol. The highest BCUT2D eigenvalue weighted by molar-refractivity contribution is 7.80. The van der Waals surface area contributed by atoms with Gasteiger partial charge in [-0.05, 0) is 50.9 Å². The van der Waals surface area contributed by atoms with Crippen LogP contribution in [0.1, 0.15) is 58.3 Å². The lowest BCUT2D eigenvalue weighted by Crippen LogP contribution is -2.39. The van der Waals surface area contributed by atoms with E-state index in [0.29, 0.717) is 36.9 Å². The highest BCUT2D eigenvalue weighted by atomic mass is 32.3. The van der Waals surface area contributed by atoms with E-state index in [2.05, 4.69) is 13.0 Å². The fourth-order valence-electron chi connectivity index (χ4n) is 5.57. The minimum atomic E-state index is -4.39. The molecule has 0 spiro atoms. The van der Waals surface area contributed by atoms with Crippen molar-refractivity contribution >= 4 is 16.2 Å². The Labute approximate surface area is 143 Å². The second-order valence-corrected chi connectivity index (χ2v) is 9.00. The Morgan fingerprint density at radius 3 is 2.79 bits per heavy atom. The molecule has 5 nitrogen and oxygen atoms in total. The molecule has 4 atom stereocenters. The minimum Gasteiger partial charge on any atom is -0.299 e. The lowest BCUT2D eigenvalue weighted by Gasteiger charge is -2.45. The van der Waals surface area contributed by atoms with Gasteiger partial charge in [0.15, 0.2) is 0 Å². The molecule has 0 heterocycles. The van der Waals surface area contributed by atoms with Crippen LogP contribution in [-0.2, 0) is 19.4 Å². The summed E-state index contributed by atoms with van der Waals surface area (Å²) in [6, 6.07) is 0. The Morgan fingerprint density at radius 1 is 1.25 bits per heavy atom. The van der Waals surface area contributed by atoms with Crippen molar-refractivity contribution in [2.24, 2.45) is 17.3 Å². The van der Waals surface area contributed by atoms with Gasteiger partial charge in [0, 0.05) is 17.8 Å². The number of Topliss-reactive ketones (excluding diaryl/α,β-unsaturated/α-hetero) is 1. The van der Waals surface area contributed by atoms with Crippen molar-refractivity contribution in [3.63, 3.8) is 0 Å². The Hall–Kier alpha value is -0.980. The van der Waals surface area contributed by atoms with Gasteiger partial charge in [0.25, 0.3) is 0 Å². The summed E-state index contributed by atoms with van der Waals surface area (Å²) in [4.78, 5) is 12.3. The Bertz CT molecular complexity index is 747. The van der Waals surface area contributed by atoms with Gasteiger partial charge in [0.1, 0.15) is 5.78 Å². The topological polar surface area (TPSA) is 80.7 Å². The van der Waals surface area contributed by atoms with Crippen LogP contribution in [0.4, 0.5) is 0 Å². The number of rotatable bonds is 2. The standard InChI is InChI=1S/C18H24O5S/c1-18-9-8-14-13-5-3-12(23-24(20,21)22)10-11(13)2-4-15(14)16(18)6-7-17(18)19/h4,12,14,16H,2-3,5-10H2,1H3,(H,20,21,22)/t12-,14+,16-,18-/m0/s1. The van der Waals surface area contributed by atoms with Crippen molar-refractivity contribution < 1.29 is 21.9 Å². The van der Waals surface area contributed by atoms with Gasteiger partial charge in [-0.2, -0.15) is 8.42 Å². The van der Waals surface area contributed by atoms with Crippen LogP contribution in [0, 0.1) is 17.3 Å². The number of carbonyl (C=O) groups is 1. The van der Waals surface area contributed by atoms with Gasteiger partial charge in [-0.1, -0.05) is 29.7 Å². The summed E-state index contributed by atoms with van der Waals surface area (Å²) < 4.78 is 35.6. The normalized spacial score (nSPS) is 39.2. The molecule has 24 heavy (non-hydrogen) atoms. The molecule has 4 rings (SSSR count). The zero-order valence-electron chi connectivity index (χ0n) is 14.0. The average molecular weight is 352 g/mol. The Balaban J connectivity index is 1.56. The van der Waals surface area contributed by atoms with Crippen molar-refractivity contribution in [2.45, 2.75) is 64.4 Å². The van der Waals surface area contributed by atoms with Gasteiger partial charge in [0.2, 0.25) is 0 Å². The first-order valence-corrected chi connectivity index (χ1v) is 10.2. The van der Waals surface area contributed by atoms with Crippen molar-refractivity contribution in [3.8, 4) is 0 Å². The summed E-state index contributed by atoms with van der Waals surface area (Å²) in [6.07, 6.45) is 8.38. The molecule has 1 N–H and O–H groups in total. The van der Waals surface area contributed by atoms with Gasteiger partial charge in [-0.25, -0.2) is 4.18 Å². The van der Waals surface area contributed by atoms with Crippen LogP contribution in [0.15, 0.2) is 22.8 Å². The fourth-order valence-corrected chi connectivity index (χ4v) is 6.08. The SMILES string of the molecule is C[C@]12CC[C@H]3C(=CCC4=C3CC[C@H](OS(=O)(=O)O)C4)[C@@H]1CCC2=O. The molecule has 0 aromatic heterocycles. The zero-order valence-corrected chi connectivity index (χ0v) is 14.8. The molecule has 0 bridgehead atoms. The van der Waals surface area contributed by atoms with E-state index in [1.165, 1.54) is 16.7 Å². The van der Waals surface area contributed by atoms with E-state index < -0.39 is 16.5 Å². The molecule has 0 aliphatic heterocycles. The molecular weight excluding hydrogens is 328 g/mol. The first-order chi connectivity index (χ1) is 11.3. The van der Waals surface area contributed by atoms with Crippen LogP contribution in [-0.4, -0.2) is 24.9 Å². The van der Waals surface area contributed by atoms with Gasteiger partial charge in [-0.15, -0.1) is 0 Å². The Morgan fingerprint density at radius 2 is 2.04 bits per heavy atom. The number of hydrogen-bond donors (Lipinski definition) is 1. The van der Waals surface area contributed by atoms with Crippen LogP contribution in [0.3, 0.4) is 0 Å². The molecule has 0 saturated heterocycles. The first-order valence-electron chi connectivity index (χ1n) is 8.87. The third-order valence-corrected chi connectivity index (χ3v) is 7.26. The lowest BCUT2D eigenvalue weighted by molar-refractivity contribution is -0.127. The van der Waals surface area contributed by atoms with Crippen LogP contribution < -0.4 is 0 Å². The van der Waals surface area contributed by atoms with Crippen molar-refractivity contribution in [1.82, 2.24) is 0 Å². The van der Waals surface area contributed by atoms with Gasteiger partial charge >= 0.3 is 10.4 Å². The fraction of sp³-hybridized carbons (Fsp3) is 0.722. The number of hydrogen-bond acceptors (Lipinski definition) is 4. The Kier molecular flexibility index (Phi) is 3.79. The maximum absolute atomic E-state index is 12.3. The average Bonchev–Trinajstić information content (AvgIpc) is 2.81. The van der Waals surface area contributed by atoms with Crippen molar-refractivity contribution in [2.75, 3.05) is 0 Å². The van der Waals surface area contributed by atoms with Gasteiger partial charge in [0.05, 0.1) is 6.10 Å². The highest BCUT2D eigenvalue weighted by Crippen LogP contribution is 2.58. The van der Waals surface area contributed by atoms with Crippen molar-refractivity contribution in [3.05, 3.63) is 22.8 Å². The highest BCUT2D eigenvalue weighted by Gasteiger charge is 2.52. The lowest BCUT2D eigenvalue weighted by atomic mass is 9.58. The summed E-state index contributed by atoms with van der Waals surface area (Å²) >= 11 is 0. The first kappa shape index (κ1) is 16.5. The van der Waals surface area contributed by atoms with Crippen LogP contribution in [0.2, 0.25) is 0 Å². The van der Waals surface area contributed by atoms with Gasteiger partial charge in [-0.3, -0.25) is 9.35 Å². The number of ketones is 1. The molecule has 6 heteroatoms. The van der Waals surface area contributed by atoms with E-state index in [0.717, 1.165) is 32.1 Å². The maximum Gasteiger partial charge on any atom is 0.397 e. The summed E-state index contributed by atoms with van der Waals surface area (Å²) in [5.41, 5.74) is 4.02. The largest absolute Gasteiger partial charge is 0.397 e. The molecule has 2 saturated carbocycles. The quantitative estimate of drug-likeness (QED) is 0.609. The molecule has 0 aromatic rings.